The lowest BCUT2D eigenvalue weighted by Gasteiger charge is -2.27. The summed E-state index contributed by atoms with van der Waals surface area (Å²) in [6.45, 7) is 0.392. The van der Waals surface area contributed by atoms with Crippen LogP contribution in [0, 0.1) is 0 Å². The van der Waals surface area contributed by atoms with Crippen LogP contribution in [0.3, 0.4) is 0 Å². The normalized spacial score (nSPS) is 17.9. The van der Waals surface area contributed by atoms with E-state index in [0.29, 0.717) is 19.4 Å². The Kier molecular flexibility index (Phi) is 2.67. The zero-order valence-electron chi connectivity index (χ0n) is 8.11. The maximum Gasteiger partial charge on any atom is 0.342 e. The third kappa shape index (κ3) is 1.70. The number of hydrogen-bond acceptors (Lipinski definition) is 3. The molecule has 0 atom stereocenters. The zero-order chi connectivity index (χ0) is 11.9. The molecular weight excluding hydrogens is 255 g/mol. The standard InChI is InChI=1S/C9H8Cl2N2O3/c10-9(11)2-1-3-13-6(14)5(7(15)16)4-12-8(9)13/h4H,1-3H2,(H,15,16). The summed E-state index contributed by atoms with van der Waals surface area (Å²) in [5.41, 5.74) is -0.974. The third-order valence-electron chi connectivity index (χ3n) is 2.48. The summed E-state index contributed by atoms with van der Waals surface area (Å²) in [6, 6.07) is 0. The first-order chi connectivity index (χ1) is 7.43. The first-order valence-corrected chi connectivity index (χ1v) is 5.40. The molecule has 86 valence electrons. The van der Waals surface area contributed by atoms with Crippen LogP contribution in [0.5, 0.6) is 0 Å². The highest BCUT2D eigenvalue weighted by Crippen LogP contribution is 2.39. The van der Waals surface area contributed by atoms with Gasteiger partial charge in [-0.05, 0) is 12.8 Å². The SMILES string of the molecule is O=C(O)c1cnc2n(c1=O)CCCC2(Cl)Cl. The van der Waals surface area contributed by atoms with E-state index in [1.165, 1.54) is 4.57 Å². The Morgan fingerprint density at radius 2 is 2.25 bits per heavy atom. The third-order valence-corrected chi connectivity index (χ3v) is 3.19. The van der Waals surface area contributed by atoms with E-state index in [-0.39, 0.29) is 11.4 Å². The van der Waals surface area contributed by atoms with Gasteiger partial charge in [0, 0.05) is 12.7 Å². The molecule has 0 unspecified atom stereocenters. The van der Waals surface area contributed by atoms with Gasteiger partial charge in [-0.3, -0.25) is 9.36 Å². The van der Waals surface area contributed by atoms with Crippen molar-refractivity contribution in [2.24, 2.45) is 0 Å². The van der Waals surface area contributed by atoms with Gasteiger partial charge in [0.05, 0.1) is 0 Å². The summed E-state index contributed by atoms with van der Waals surface area (Å²) in [4.78, 5) is 26.4. The van der Waals surface area contributed by atoms with E-state index in [2.05, 4.69) is 4.98 Å². The van der Waals surface area contributed by atoms with Crippen molar-refractivity contribution in [1.29, 1.82) is 0 Å². The fourth-order valence-corrected chi connectivity index (χ4v) is 2.28. The molecule has 1 aromatic heterocycles. The van der Waals surface area contributed by atoms with Gasteiger partial charge in [-0.2, -0.15) is 0 Å². The second kappa shape index (κ2) is 3.75. The van der Waals surface area contributed by atoms with E-state index in [0.717, 1.165) is 6.20 Å². The van der Waals surface area contributed by atoms with Crippen LogP contribution in [0.2, 0.25) is 0 Å². The number of carboxylic acids is 1. The lowest BCUT2D eigenvalue weighted by atomic mass is 10.1. The molecule has 0 bridgehead atoms. The maximum atomic E-state index is 11.8. The summed E-state index contributed by atoms with van der Waals surface area (Å²) in [6.07, 6.45) is 2.11. The molecule has 1 aromatic rings. The van der Waals surface area contributed by atoms with Crippen LogP contribution in [-0.2, 0) is 10.9 Å². The van der Waals surface area contributed by atoms with E-state index in [9.17, 15) is 9.59 Å². The number of alkyl halides is 2. The molecule has 1 aliphatic heterocycles. The number of fused-ring (bicyclic) bond motifs is 1. The number of carboxylic acid groups (broad SMARTS) is 1. The van der Waals surface area contributed by atoms with Gasteiger partial charge in [0.1, 0.15) is 11.4 Å². The van der Waals surface area contributed by atoms with E-state index in [1.807, 2.05) is 0 Å². The highest BCUT2D eigenvalue weighted by atomic mass is 35.5. The van der Waals surface area contributed by atoms with Crippen molar-refractivity contribution in [3.63, 3.8) is 0 Å². The summed E-state index contributed by atoms with van der Waals surface area (Å²) in [5, 5.41) is 8.78. The smallest absolute Gasteiger partial charge is 0.342 e. The molecule has 1 aliphatic rings. The number of hydrogen-bond donors (Lipinski definition) is 1. The van der Waals surface area contributed by atoms with Crippen LogP contribution in [0.15, 0.2) is 11.0 Å². The Bertz CT molecular complexity index is 510. The highest BCUT2D eigenvalue weighted by molar-refractivity contribution is 6.47. The van der Waals surface area contributed by atoms with Crippen molar-refractivity contribution in [1.82, 2.24) is 9.55 Å². The zero-order valence-corrected chi connectivity index (χ0v) is 9.62. The molecule has 0 aromatic carbocycles. The Morgan fingerprint density at radius 1 is 1.56 bits per heavy atom. The van der Waals surface area contributed by atoms with Crippen molar-refractivity contribution < 1.29 is 9.90 Å². The van der Waals surface area contributed by atoms with Gasteiger partial charge < -0.3 is 5.11 Å². The van der Waals surface area contributed by atoms with Crippen molar-refractivity contribution in [2.45, 2.75) is 23.7 Å². The van der Waals surface area contributed by atoms with E-state index < -0.39 is 15.9 Å². The number of aromatic carboxylic acids is 1. The first kappa shape index (κ1) is 11.4. The van der Waals surface area contributed by atoms with Gasteiger partial charge in [-0.1, -0.05) is 23.2 Å². The molecule has 2 heterocycles. The van der Waals surface area contributed by atoms with E-state index in [4.69, 9.17) is 28.3 Å². The molecule has 2 rings (SSSR count). The quantitative estimate of drug-likeness (QED) is 0.776. The minimum Gasteiger partial charge on any atom is -0.477 e. The Morgan fingerprint density at radius 3 is 2.88 bits per heavy atom. The van der Waals surface area contributed by atoms with Gasteiger partial charge in [-0.25, -0.2) is 9.78 Å². The number of carbonyl (C=O) groups is 1. The summed E-state index contributed by atoms with van der Waals surface area (Å²) < 4.78 is 0.0153. The fourth-order valence-electron chi connectivity index (χ4n) is 1.71. The molecule has 0 aliphatic carbocycles. The minimum atomic E-state index is -1.30. The van der Waals surface area contributed by atoms with Crippen LogP contribution < -0.4 is 5.56 Å². The van der Waals surface area contributed by atoms with Crippen LogP contribution in [0.1, 0.15) is 29.0 Å². The molecule has 0 radical (unpaired) electrons. The lowest BCUT2D eigenvalue weighted by Crippen LogP contribution is -2.37. The molecular formula is C9H8Cl2N2O3. The Balaban J connectivity index is 2.67. The predicted octanol–water partition coefficient (Wildman–Crippen LogP) is 1.37. The number of halogens is 2. The van der Waals surface area contributed by atoms with Gasteiger partial charge in [0.15, 0.2) is 4.33 Å². The summed E-state index contributed by atoms with van der Waals surface area (Å²) >= 11 is 12.0. The average molecular weight is 263 g/mol. The number of rotatable bonds is 1. The first-order valence-electron chi connectivity index (χ1n) is 4.65. The fraction of sp³-hybridized carbons (Fsp3) is 0.444. The van der Waals surface area contributed by atoms with Gasteiger partial charge >= 0.3 is 5.97 Å². The van der Waals surface area contributed by atoms with Crippen LogP contribution >= 0.6 is 23.2 Å². The molecule has 0 spiro atoms. The topological polar surface area (TPSA) is 72.2 Å². The molecule has 7 heteroatoms. The molecule has 0 amide bonds. The van der Waals surface area contributed by atoms with Crippen molar-refractivity contribution >= 4 is 29.2 Å². The number of nitrogens with zero attached hydrogens (tertiary/aromatic N) is 2. The molecule has 0 saturated heterocycles. The minimum absolute atomic E-state index is 0.220. The van der Waals surface area contributed by atoms with Crippen molar-refractivity contribution in [2.75, 3.05) is 0 Å². The molecule has 16 heavy (non-hydrogen) atoms. The molecule has 0 fully saturated rings. The second-order valence-corrected chi connectivity index (χ2v) is 5.05. The molecule has 0 saturated carbocycles. The van der Waals surface area contributed by atoms with Crippen LogP contribution in [0.4, 0.5) is 0 Å². The van der Waals surface area contributed by atoms with Crippen molar-refractivity contribution in [3.8, 4) is 0 Å². The van der Waals surface area contributed by atoms with Gasteiger partial charge in [0.2, 0.25) is 0 Å². The van der Waals surface area contributed by atoms with Crippen LogP contribution in [0.25, 0.3) is 0 Å². The van der Waals surface area contributed by atoms with E-state index in [1.54, 1.807) is 0 Å². The Hall–Kier alpha value is -1.07. The van der Waals surface area contributed by atoms with E-state index >= 15 is 0 Å². The number of aromatic nitrogens is 2. The average Bonchev–Trinajstić information content (AvgIpc) is 2.18. The Labute approximate surface area is 101 Å². The summed E-state index contributed by atoms with van der Waals surface area (Å²) in [5.74, 6) is -1.08. The monoisotopic (exact) mass is 262 g/mol. The molecule has 1 N–H and O–H groups in total. The lowest BCUT2D eigenvalue weighted by molar-refractivity contribution is 0.0693. The van der Waals surface area contributed by atoms with Gasteiger partial charge in [-0.15, -0.1) is 0 Å². The predicted molar refractivity (Wildman–Crippen MR) is 58.1 cm³/mol. The molecule has 5 nitrogen and oxygen atoms in total. The van der Waals surface area contributed by atoms with Crippen LogP contribution in [-0.4, -0.2) is 20.6 Å². The second-order valence-electron chi connectivity index (χ2n) is 3.57. The maximum absolute atomic E-state index is 11.8. The highest BCUT2D eigenvalue weighted by Gasteiger charge is 2.35. The largest absolute Gasteiger partial charge is 0.477 e. The summed E-state index contributed by atoms with van der Waals surface area (Å²) in [7, 11) is 0. The van der Waals surface area contributed by atoms with Gasteiger partial charge in [0.25, 0.3) is 5.56 Å². The van der Waals surface area contributed by atoms with Crippen molar-refractivity contribution in [3.05, 3.63) is 27.9 Å².